The van der Waals surface area contributed by atoms with Crippen molar-refractivity contribution >= 4 is 5.91 Å². The molecule has 1 atom stereocenters. The van der Waals surface area contributed by atoms with Gasteiger partial charge in [0.15, 0.2) is 0 Å². The van der Waals surface area contributed by atoms with E-state index in [1.807, 2.05) is 18.2 Å². The zero-order valence-corrected chi connectivity index (χ0v) is 13.6. The van der Waals surface area contributed by atoms with Gasteiger partial charge in [-0.25, -0.2) is 0 Å². The van der Waals surface area contributed by atoms with Crippen molar-refractivity contribution in [1.82, 2.24) is 10.2 Å². The van der Waals surface area contributed by atoms with Crippen molar-refractivity contribution in [3.63, 3.8) is 0 Å². The maximum Gasteiger partial charge on any atom is 0.244 e. The van der Waals surface area contributed by atoms with Crippen LogP contribution >= 0.6 is 0 Å². The van der Waals surface area contributed by atoms with Gasteiger partial charge in [0.2, 0.25) is 5.91 Å². The molecule has 6 heteroatoms. The fraction of sp³-hybridized carbons (Fsp3) is 0.588. The highest BCUT2D eigenvalue weighted by Gasteiger charge is 2.42. The van der Waals surface area contributed by atoms with Gasteiger partial charge >= 0.3 is 0 Å². The number of nitrogens with zero attached hydrogens (tertiary/aromatic N) is 1. The van der Waals surface area contributed by atoms with E-state index in [0.717, 1.165) is 56.1 Å². The first-order valence-corrected chi connectivity index (χ1v) is 8.19. The maximum absolute atomic E-state index is 12.7. The second-order valence-corrected chi connectivity index (χ2v) is 6.17. The summed E-state index contributed by atoms with van der Waals surface area (Å²) in [5, 5.41) is 3.00. The van der Waals surface area contributed by atoms with Gasteiger partial charge in [-0.15, -0.1) is 0 Å². The summed E-state index contributed by atoms with van der Waals surface area (Å²) >= 11 is 0. The molecule has 1 amide bonds. The number of methoxy groups -OCH3 is 1. The molecule has 0 aromatic heterocycles. The molecule has 1 aliphatic heterocycles. The standard InChI is InChI=1S/C17H25N3O3/c1-22-15-4-2-3-14-13(15)5-6-17(14,18)16(21)19-7-8-20-9-11-23-12-10-20/h2-4H,5-12,18H2,1H3,(H,19,21). The number of morpholine rings is 1. The van der Waals surface area contributed by atoms with E-state index in [1.165, 1.54) is 0 Å². The number of ether oxygens (including phenoxy) is 2. The number of rotatable bonds is 5. The summed E-state index contributed by atoms with van der Waals surface area (Å²) in [6, 6.07) is 5.75. The average Bonchev–Trinajstić information content (AvgIpc) is 2.94. The summed E-state index contributed by atoms with van der Waals surface area (Å²) in [6.45, 7) is 4.81. The summed E-state index contributed by atoms with van der Waals surface area (Å²) in [6.07, 6.45) is 1.39. The number of nitrogens with two attached hydrogens (primary N) is 1. The topological polar surface area (TPSA) is 76.8 Å². The van der Waals surface area contributed by atoms with E-state index in [-0.39, 0.29) is 5.91 Å². The summed E-state index contributed by atoms with van der Waals surface area (Å²) in [7, 11) is 1.65. The van der Waals surface area contributed by atoms with E-state index in [4.69, 9.17) is 15.2 Å². The molecule has 1 aromatic rings. The summed E-state index contributed by atoms with van der Waals surface area (Å²) in [5.74, 6) is 0.716. The molecule has 126 valence electrons. The molecule has 0 spiro atoms. The molecular weight excluding hydrogens is 294 g/mol. The Balaban J connectivity index is 1.62. The normalized spacial score (nSPS) is 24.3. The Kier molecular flexibility index (Phi) is 4.84. The molecule has 0 radical (unpaired) electrons. The lowest BCUT2D eigenvalue weighted by Gasteiger charge is -2.28. The molecule has 1 saturated heterocycles. The molecule has 1 unspecified atom stereocenters. The van der Waals surface area contributed by atoms with Crippen molar-refractivity contribution in [2.75, 3.05) is 46.5 Å². The van der Waals surface area contributed by atoms with Crippen LogP contribution in [0.5, 0.6) is 5.75 Å². The molecule has 23 heavy (non-hydrogen) atoms. The van der Waals surface area contributed by atoms with Gasteiger partial charge in [-0.05, 0) is 30.0 Å². The quantitative estimate of drug-likeness (QED) is 0.813. The van der Waals surface area contributed by atoms with Crippen LogP contribution in [-0.2, 0) is 21.5 Å². The molecule has 3 N–H and O–H groups in total. The molecule has 1 aromatic carbocycles. The first kappa shape index (κ1) is 16.2. The summed E-state index contributed by atoms with van der Waals surface area (Å²) < 4.78 is 10.7. The highest BCUT2D eigenvalue weighted by Crippen LogP contribution is 2.39. The number of carbonyl (C=O) groups is 1. The second kappa shape index (κ2) is 6.86. The van der Waals surface area contributed by atoms with Crippen LogP contribution in [0.25, 0.3) is 0 Å². The van der Waals surface area contributed by atoms with Gasteiger partial charge in [0.1, 0.15) is 11.3 Å². The van der Waals surface area contributed by atoms with Crippen LogP contribution in [0.4, 0.5) is 0 Å². The lowest BCUT2D eigenvalue weighted by molar-refractivity contribution is -0.126. The molecule has 0 saturated carbocycles. The lowest BCUT2D eigenvalue weighted by atomic mass is 9.92. The van der Waals surface area contributed by atoms with E-state index in [9.17, 15) is 4.79 Å². The van der Waals surface area contributed by atoms with Crippen molar-refractivity contribution in [2.45, 2.75) is 18.4 Å². The monoisotopic (exact) mass is 319 g/mol. The SMILES string of the molecule is COc1cccc2c1CCC2(N)C(=O)NCCN1CCOCC1. The van der Waals surface area contributed by atoms with Crippen LogP contribution in [0.2, 0.25) is 0 Å². The fourth-order valence-electron chi connectivity index (χ4n) is 3.44. The van der Waals surface area contributed by atoms with Gasteiger partial charge in [-0.2, -0.15) is 0 Å². The average molecular weight is 319 g/mol. The predicted molar refractivity (Wildman–Crippen MR) is 87.4 cm³/mol. The Labute approximate surface area is 136 Å². The maximum atomic E-state index is 12.7. The zero-order valence-electron chi connectivity index (χ0n) is 13.6. The molecule has 3 rings (SSSR count). The van der Waals surface area contributed by atoms with Crippen molar-refractivity contribution in [2.24, 2.45) is 5.73 Å². The number of fused-ring (bicyclic) bond motifs is 1. The van der Waals surface area contributed by atoms with E-state index < -0.39 is 5.54 Å². The van der Waals surface area contributed by atoms with Crippen LogP contribution < -0.4 is 15.8 Å². The number of benzene rings is 1. The number of nitrogens with one attached hydrogen (secondary N) is 1. The molecule has 1 aliphatic carbocycles. The Hall–Kier alpha value is -1.63. The Morgan fingerprint density at radius 1 is 1.43 bits per heavy atom. The third-order valence-electron chi connectivity index (χ3n) is 4.83. The third-order valence-corrected chi connectivity index (χ3v) is 4.83. The lowest BCUT2D eigenvalue weighted by Crippen LogP contribution is -2.51. The van der Waals surface area contributed by atoms with Gasteiger partial charge in [0, 0.05) is 26.2 Å². The first-order chi connectivity index (χ1) is 11.1. The number of carbonyl (C=O) groups excluding carboxylic acids is 1. The van der Waals surface area contributed by atoms with E-state index >= 15 is 0 Å². The summed E-state index contributed by atoms with van der Waals surface area (Å²) in [5.41, 5.74) is 7.45. The van der Waals surface area contributed by atoms with Crippen LogP contribution in [0, 0.1) is 0 Å². The zero-order chi connectivity index (χ0) is 16.3. The fourth-order valence-corrected chi connectivity index (χ4v) is 3.44. The minimum Gasteiger partial charge on any atom is -0.496 e. The highest BCUT2D eigenvalue weighted by atomic mass is 16.5. The molecule has 2 aliphatic rings. The van der Waals surface area contributed by atoms with E-state index in [2.05, 4.69) is 10.2 Å². The molecule has 1 heterocycles. The van der Waals surface area contributed by atoms with Crippen molar-refractivity contribution in [3.8, 4) is 5.75 Å². The van der Waals surface area contributed by atoms with Crippen molar-refractivity contribution < 1.29 is 14.3 Å². The van der Waals surface area contributed by atoms with Gasteiger partial charge in [0.25, 0.3) is 0 Å². The third kappa shape index (κ3) is 3.20. The van der Waals surface area contributed by atoms with Gasteiger partial charge in [-0.1, -0.05) is 12.1 Å². The molecule has 6 nitrogen and oxygen atoms in total. The predicted octanol–water partition coefficient (Wildman–Crippen LogP) is 0.244. The van der Waals surface area contributed by atoms with E-state index in [0.29, 0.717) is 13.0 Å². The smallest absolute Gasteiger partial charge is 0.244 e. The van der Waals surface area contributed by atoms with Gasteiger partial charge < -0.3 is 20.5 Å². The number of hydrogen-bond donors (Lipinski definition) is 2. The van der Waals surface area contributed by atoms with Crippen LogP contribution in [0.15, 0.2) is 18.2 Å². The number of hydrogen-bond acceptors (Lipinski definition) is 5. The number of amides is 1. The molecule has 0 bridgehead atoms. The Morgan fingerprint density at radius 3 is 2.96 bits per heavy atom. The molecule has 1 fully saturated rings. The van der Waals surface area contributed by atoms with Gasteiger partial charge in [-0.3, -0.25) is 9.69 Å². The van der Waals surface area contributed by atoms with E-state index in [1.54, 1.807) is 7.11 Å². The second-order valence-electron chi connectivity index (χ2n) is 6.17. The van der Waals surface area contributed by atoms with Gasteiger partial charge in [0.05, 0.1) is 20.3 Å². The van der Waals surface area contributed by atoms with Crippen molar-refractivity contribution in [1.29, 1.82) is 0 Å². The Morgan fingerprint density at radius 2 is 2.22 bits per heavy atom. The van der Waals surface area contributed by atoms with Crippen molar-refractivity contribution in [3.05, 3.63) is 29.3 Å². The largest absolute Gasteiger partial charge is 0.496 e. The Bertz CT molecular complexity index is 572. The minimum atomic E-state index is -0.950. The first-order valence-electron chi connectivity index (χ1n) is 8.19. The molecular formula is C17H25N3O3. The van der Waals surface area contributed by atoms with Crippen LogP contribution in [-0.4, -0.2) is 57.3 Å². The minimum absolute atomic E-state index is 0.0993. The summed E-state index contributed by atoms with van der Waals surface area (Å²) in [4.78, 5) is 14.9. The highest BCUT2D eigenvalue weighted by molar-refractivity contribution is 5.89. The van der Waals surface area contributed by atoms with Crippen LogP contribution in [0.1, 0.15) is 17.5 Å². The van der Waals surface area contributed by atoms with Crippen LogP contribution in [0.3, 0.4) is 0 Å².